The van der Waals surface area contributed by atoms with Crippen LogP contribution in [0.2, 0.25) is 0 Å². The minimum Gasteiger partial charge on any atom is -0.356 e. The summed E-state index contributed by atoms with van der Waals surface area (Å²) in [6.07, 6.45) is 4.94. The number of hydrogen-bond donors (Lipinski definition) is 2. The molecule has 0 aliphatic heterocycles. The van der Waals surface area contributed by atoms with Gasteiger partial charge < -0.3 is 15.0 Å². The molecule has 0 amide bonds. The van der Waals surface area contributed by atoms with Crippen molar-refractivity contribution in [1.82, 2.24) is 20.0 Å². The maximum absolute atomic E-state index is 4.61. The Balaban J connectivity index is 1.50. The van der Waals surface area contributed by atoms with Crippen LogP contribution < -0.4 is 10.6 Å². The molecule has 0 aliphatic rings. The third-order valence-electron chi connectivity index (χ3n) is 4.26. The normalized spacial score (nSPS) is 11.7. The average Bonchev–Trinajstić information content (AvgIpc) is 3.02. The van der Waals surface area contributed by atoms with Crippen LogP contribution in [-0.4, -0.2) is 28.9 Å². The lowest BCUT2D eigenvalue weighted by atomic mass is 10.1. The molecule has 3 rings (SSSR count). The Morgan fingerprint density at radius 3 is 2.80 bits per heavy atom. The monoisotopic (exact) mass is 335 g/mol. The molecule has 0 spiro atoms. The number of imidazole rings is 1. The van der Waals surface area contributed by atoms with E-state index in [0.29, 0.717) is 0 Å². The van der Waals surface area contributed by atoms with Gasteiger partial charge in [-0.05, 0) is 37.1 Å². The number of pyridine rings is 1. The van der Waals surface area contributed by atoms with Gasteiger partial charge in [-0.2, -0.15) is 0 Å². The molecule has 0 unspecified atom stereocenters. The Morgan fingerprint density at radius 2 is 2.04 bits per heavy atom. The van der Waals surface area contributed by atoms with Crippen molar-refractivity contribution < 1.29 is 0 Å². The van der Waals surface area contributed by atoms with Crippen LogP contribution in [0.15, 0.2) is 53.8 Å². The molecule has 2 heterocycles. The van der Waals surface area contributed by atoms with E-state index in [1.165, 1.54) is 16.7 Å². The Morgan fingerprint density at radius 1 is 1.16 bits per heavy atom. The van der Waals surface area contributed by atoms with Crippen LogP contribution in [0.3, 0.4) is 0 Å². The summed E-state index contributed by atoms with van der Waals surface area (Å²) in [5.74, 6) is 0.809. The largest absolute Gasteiger partial charge is 0.356 e. The number of aliphatic imine (C=N–C) groups is 1. The predicted octanol–water partition coefficient (Wildman–Crippen LogP) is 2.86. The maximum Gasteiger partial charge on any atom is 0.191 e. The molecule has 5 nitrogen and oxygen atoms in total. The summed E-state index contributed by atoms with van der Waals surface area (Å²) in [4.78, 5) is 8.90. The smallest absolute Gasteiger partial charge is 0.191 e. The van der Waals surface area contributed by atoms with E-state index in [2.05, 4.69) is 58.9 Å². The molecule has 2 aromatic heterocycles. The van der Waals surface area contributed by atoms with E-state index in [1.54, 1.807) is 7.05 Å². The molecular weight excluding hydrogens is 310 g/mol. The first-order valence-electron chi connectivity index (χ1n) is 8.59. The number of fused-ring (bicyclic) bond motifs is 1. The number of rotatable bonds is 5. The fourth-order valence-corrected chi connectivity index (χ4v) is 2.86. The molecule has 0 saturated carbocycles. The second-order valence-electron chi connectivity index (χ2n) is 6.23. The van der Waals surface area contributed by atoms with Crippen LogP contribution in [0.1, 0.15) is 22.4 Å². The minimum atomic E-state index is 0.764. The van der Waals surface area contributed by atoms with Crippen molar-refractivity contribution in [3.05, 3.63) is 71.2 Å². The van der Waals surface area contributed by atoms with Gasteiger partial charge in [0.1, 0.15) is 5.65 Å². The summed E-state index contributed by atoms with van der Waals surface area (Å²) >= 11 is 0. The minimum absolute atomic E-state index is 0.764. The number of hydrogen-bond acceptors (Lipinski definition) is 2. The van der Waals surface area contributed by atoms with Crippen LogP contribution in [0.25, 0.3) is 5.65 Å². The van der Waals surface area contributed by atoms with Gasteiger partial charge in [0, 0.05) is 39.0 Å². The molecular formula is C20H25N5. The fourth-order valence-electron chi connectivity index (χ4n) is 2.86. The Labute approximate surface area is 148 Å². The van der Waals surface area contributed by atoms with Crippen molar-refractivity contribution in [2.75, 3.05) is 13.6 Å². The standard InChI is InChI=1S/C20H25N5/c1-15-7-8-17(16(2)12-15)13-23-20(21-3)22-10-9-18-14-25-11-5-4-6-19(25)24-18/h4-8,11-12,14H,9-10,13H2,1-3H3,(H2,21,22,23). The van der Waals surface area contributed by atoms with Crippen LogP contribution in [0.5, 0.6) is 0 Å². The lowest BCUT2D eigenvalue weighted by Crippen LogP contribution is -2.38. The number of nitrogens with zero attached hydrogens (tertiary/aromatic N) is 3. The zero-order chi connectivity index (χ0) is 17.6. The Kier molecular flexibility index (Phi) is 5.33. The summed E-state index contributed by atoms with van der Waals surface area (Å²) in [6, 6.07) is 12.5. The van der Waals surface area contributed by atoms with E-state index in [4.69, 9.17) is 0 Å². The summed E-state index contributed by atoms with van der Waals surface area (Å²) < 4.78 is 2.04. The Hall–Kier alpha value is -2.82. The zero-order valence-corrected chi connectivity index (χ0v) is 15.1. The van der Waals surface area contributed by atoms with Gasteiger partial charge in [-0.25, -0.2) is 4.98 Å². The molecule has 2 N–H and O–H groups in total. The summed E-state index contributed by atoms with van der Waals surface area (Å²) in [5, 5.41) is 6.73. The summed E-state index contributed by atoms with van der Waals surface area (Å²) in [7, 11) is 1.79. The number of guanidine groups is 1. The van der Waals surface area contributed by atoms with E-state index in [9.17, 15) is 0 Å². The molecule has 0 fully saturated rings. The lowest BCUT2D eigenvalue weighted by Gasteiger charge is -2.13. The highest BCUT2D eigenvalue weighted by molar-refractivity contribution is 5.79. The third-order valence-corrected chi connectivity index (χ3v) is 4.26. The summed E-state index contributed by atoms with van der Waals surface area (Å²) in [5.41, 5.74) is 5.93. The van der Waals surface area contributed by atoms with Gasteiger partial charge in [0.05, 0.1) is 5.69 Å². The second-order valence-corrected chi connectivity index (χ2v) is 6.23. The fraction of sp³-hybridized carbons (Fsp3) is 0.300. The van der Waals surface area contributed by atoms with Gasteiger partial charge in [-0.1, -0.05) is 29.8 Å². The van der Waals surface area contributed by atoms with Crippen LogP contribution in [0.4, 0.5) is 0 Å². The summed E-state index contributed by atoms with van der Waals surface area (Å²) in [6.45, 7) is 5.81. The quantitative estimate of drug-likeness (QED) is 0.557. The van der Waals surface area contributed by atoms with Gasteiger partial charge in [0.15, 0.2) is 5.96 Å². The Bertz CT molecular complexity index is 846. The van der Waals surface area contributed by atoms with E-state index >= 15 is 0 Å². The molecule has 0 atom stereocenters. The van der Waals surface area contributed by atoms with E-state index in [1.807, 2.05) is 28.8 Å². The first-order valence-corrected chi connectivity index (χ1v) is 8.59. The highest BCUT2D eigenvalue weighted by Crippen LogP contribution is 2.10. The number of nitrogens with one attached hydrogen (secondary N) is 2. The molecule has 0 bridgehead atoms. The first-order chi connectivity index (χ1) is 12.2. The molecule has 5 heteroatoms. The number of benzene rings is 1. The van der Waals surface area contributed by atoms with Crippen LogP contribution in [0, 0.1) is 13.8 Å². The van der Waals surface area contributed by atoms with E-state index < -0.39 is 0 Å². The molecule has 3 aromatic rings. The third kappa shape index (κ3) is 4.38. The van der Waals surface area contributed by atoms with Crippen molar-refractivity contribution in [2.45, 2.75) is 26.8 Å². The molecule has 130 valence electrons. The highest BCUT2D eigenvalue weighted by Gasteiger charge is 2.03. The molecule has 25 heavy (non-hydrogen) atoms. The number of aromatic nitrogens is 2. The van der Waals surface area contributed by atoms with Crippen molar-refractivity contribution >= 4 is 11.6 Å². The van der Waals surface area contributed by atoms with Gasteiger partial charge >= 0.3 is 0 Å². The maximum atomic E-state index is 4.61. The van der Waals surface area contributed by atoms with Gasteiger partial charge in [0.25, 0.3) is 0 Å². The SMILES string of the molecule is CN=C(NCCc1cn2ccccc2n1)NCc1ccc(C)cc1C. The van der Waals surface area contributed by atoms with Gasteiger partial charge in [-0.3, -0.25) is 4.99 Å². The average molecular weight is 335 g/mol. The van der Waals surface area contributed by atoms with Crippen molar-refractivity contribution in [2.24, 2.45) is 4.99 Å². The first kappa shape index (κ1) is 17.0. The zero-order valence-electron chi connectivity index (χ0n) is 15.1. The predicted molar refractivity (Wildman–Crippen MR) is 103 cm³/mol. The van der Waals surface area contributed by atoms with E-state index in [-0.39, 0.29) is 0 Å². The van der Waals surface area contributed by atoms with Crippen LogP contribution in [-0.2, 0) is 13.0 Å². The second kappa shape index (κ2) is 7.83. The van der Waals surface area contributed by atoms with Gasteiger partial charge in [0.2, 0.25) is 0 Å². The van der Waals surface area contributed by atoms with Crippen LogP contribution >= 0.6 is 0 Å². The van der Waals surface area contributed by atoms with E-state index in [0.717, 1.165) is 36.8 Å². The molecule has 0 aliphatic carbocycles. The molecule has 0 saturated heterocycles. The topological polar surface area (TPSA) is 53.7 Å². The lowest BCUT2D eigenvalue weighted by molar-refractivity contribution is 0.785. The molecule has 1 aromatic carbocycles. The van der Waals surface area contributed by atoms with Crippen molar-refractivity contribution in [3.63, 3.8) is 0 Å². The number of aryl methyl sites for hydroxylation is 2. The molecule has 0 radical (unpaired) electrons. The van der Waals surface area contributed by atoms with Crippen molar-refractivity contribution in [3.8, 4) is 0 Å². The van der Waals surface area contributed by atoms with Gasteiger partial charge in [-0.15, -0.1) is 0 Å². The van der Waals surface area contributed by atoms with Crippen molar-refractivity contribution in [1.29, 1.82) is 0 Å². The highest BCUT2D eigenvalue weighted by atomic mass is 15.2.